The van der Waals surface area contributed by atoms with Gasteiger partial charge in [-0.25, -0.2) is 0 Å². The molecule has 0 bridgehead atoms. The van der Waals surface area contributed by atoms with Crippen molar-refractivity contribution in [1.29, 1.82) is 5.41 Å². The fourth-order valence-electron chi connectivity index (χ4n) is 1.77. The summed E-state index contributed by atoms with van der Waals surface area (Å²) in [5, 5.41) is 13.0. The quantitative estimate of drug-likeness (QED) is 0.715. The Morgan fingerprint density at radius 1 is 1.20 bits per heavy atom. The van der Waals surface area contributed by atoms with E-state index < -0.39 is 11.9 Å². The van der Waals surface area contributed by atoms with Crippen molar-refractivity contribution in [2.24, 2.45) is 5.92 Å². The minimum absolute atomic E-state index is 0.0988. The van der Waals surface area contributed by atoms with Crippen molar-refractivity contribution in [2.45, 2.75) is 19.0 Å². The first-order valence-corrected chi connectivity index (χ1v) is 6.32. The lowest BCUT2D eigenvalue weighted by Gasteiger charge is -2.12. The van der Waals surface area contributed by atoms with Crippen LogP contribution in [0, 0.1) is 11.3 Å². The fourth-order valence-corrected chi connectivity index (χ4v) is 1.77. The molecule has 0 saturated heterocycles. The van der Waals surface area contributed by atoms with Crippen LogP contribution in [0.5, 0.6) is 0 Å². The Kier molecular flexibility index (Phi) is 4.01. The van der Waals surface area contributed by atoms with Crippen molar-refractivity contribution < 1.29 is 13.2 Å². The molecule has 20 heavy (non-hydrogen) atoms. The van der Waals surface area contributed by atoms with E-state index in [0.717, 1.165) is 30.3 Å². The van der Waals surface area contributed by atoms with Crippen molar-refractivity contribution in [3.05, 3.63) is 36.0 Å². The van der Waals surface area contributed by atoms with E-state index in [1.54, 1.807) is 19.2 Å². The van der Waals surface area contributed by atoms with Gasteiger partial charge < -0.3 is 10.6 Å². The van der Waals surface area contributed by atoms with Gasteiger partial charge in [-0.15, -0.1) is 0 Å². The Bertz CT molecular complexity index is 513. The maximum atomic E-state index is 12.4. The second-order valence-corrected chi connectivity index (χ2v) is 4.74. The van der Waals surface area contributed by atoms with Crippen molar-refractivity contribution >= 4 is 17.1 Å². The first kappa shape index (κ1) is 14.4. The minimum Gasteiger partial charge on any atom is -0.388 e. The second kappa shape index (κ2) is 5.56. The highest BCUT2D eigenvalue weighted by Crippen LogP contribution is 2.37. The summed E-state index contributed by atoms with van der Waals surface area (Å²) in [6.45, 7) is 0. The van der Waals surface area contributed by atoms with Gasteiger partial charge in [-0.05, 0) is 49.1 Å². The largest absolute Gasteiger partial charge is 0.432 e. The lowest BCUT2D eigenvalue weighted by atomic mass is 10.2. The Hall–Kier alpha value is -1.98. The molecule has 1 aliphatic rings. The SMILES string of the molecule is CNc1ccc(N/C(=C\C(=N)C(F)(F)F)C2CC2)cc1. The minimum atomic E-state index is -4.60. The molecule has 1 aromatic rings. The van der Waals surface area contributed by atoms with E-state index in [1.165, 1.54) is 0 Å². The smallest absolute Gasteiger partial charge is 0.388 e. The van der Waals surface area contributed by atoms with E-state index in [4.69, 9.17) is 5.41 Å². The number of anilines is 2. The highest BCUT2D eigenvalue weighted by Gasteiger charge is 2.35. The van der Waals surface area contributed by atoms with Gasteiger partial charge in [0.05, 0.1) is 0 Å². The molecule has 1 aromatic carbocycles. The van der Waals surface area contributed by atoms with Crippen LogP contribution < -0.4 is 10.6 Å². The average Bonchev–Trinajstić information content (AvgIpc) is 3.22. The molecule has 0 radical (unpaired) electrons. The predicted octanol–water partition coefficient (Wildman–Crippen LogP) is 4.02. The first-order valence-electron chi connectivity index (χ1n) is 6.32. The van der Waals surface area contributed by atoms with Gasteiger partial charge in [0, 0.05) is 24.1 Å². The Morgan fingerprint density at radius 2 is 1.75 bits per heavy atom. The average molecular weight is 283 g/mol. The molecule has 0 spiro atoms. The van der Waals surface area contributed by atoms with Crippen LogP contribution in [-0.4, -0.2) is 18.9 Å². The maximum absolute atomic E-state index is 12.4. The zero-order valence-corrected chi connectivity index (χ0v) is 11.0. The van der Waals surface area contributed by atoms with Crippen molar-refractivity contribution in [2.75, 3.05) is 17.7 Å². The number of allylic oxidation sites excluding steroid dienone is 2. The highest BCUT2D eigenvalue weighted by atomic mass is 19.4. The van der Waals surface area contributed by atoms with Crippen LogP contribution in [0.1, 0.15) is 12.8 Å². The molecule has 0 heterocycles. The van der Waals surface area contributed by atoms with E-state index in [0.29, 0.717) is 5.70 Å². The van der Waals surface area contributed by atoms with Gasteiger partial charge in [-0.1, -0.05) is 0 Å². The molecule has 1 fully saturated rings. The summed E-state index contributed by atoms with van der Waals surface area (Å²) < 4.78 is 37.3. The lowest BCUT2D eigenvalue weighted by Crippen LogP contribution is -2.21. The third kappa shape index (κ3) is 3.76. The van der Waals surface area contributed by atoms with Crippen LogP contribution in [0.2, 0.25) is 0 Å². The van der Waals surface area contributed by atoms with E-state index in [9.17, 15) is 13.2 Å². The summed E-state index contributed by atoms with van der Waals surface area (Å²) in [5.74, 6) is 0.0988. The zero-order chi connectivity index (χ0) is 14.8. The molecule has 3 N–H and O–H groups in total. The summed E-state index contributed by atoms with van der Waals surface area (Å²) in [4.78, 5) is 0. The third-order valence-corrected chi connectivity index (χ3v) is 3.08. The van der Waals surface area contributed by atoms with E-state index in [1.807, 2.05) is 12.1 Å². The number of hydrogen-bond acceptors (Lipinski definition) is 3. The van der Waals surface area contributed by atoms with Crippen molar-refractivity contribution in [3.63, 3.8) is 0 Å². The molecule has 2 rings (SSSR count). The number of rotatable bonds is 5. The normalized spacial score (nSPS) is 15.9. The van der Waals surface area contributed by atoms with Crippen LogP contribution in [0.3, 0.4) is 0 Å². The summed E-state index contributed by atoms with van der Waals surface area (Å²) in [7, 11) is 1.79. The standard InChI is InChI=1S/C14H16F3N3/c1-19-10-4-6-11(7-5-10)20-12(9-2-3-9)8-13(18)14(15,16)17/h4-9,18-20H,2-3H2,1H3/b12-8-,18-13?. The molecular formula is C14H16F3N3. The van der Waals surface area contributed by atoms with Gasteiger partial charge in [0.1, 0.15) is 5.71 Å². The van der Waals surface area contributed by atoms with Crippen LogP contribution in [0.4, 0.5) is 24.5 Å². The molecule has 0 aromatic heterocycles. The van der Waals surface area contributed by atoms with Crippen molar-refractivity contribution in [3.8, 4) is 0 Å². The monoisotopic (exact) mass is 283 g/mol. The summed E-state index contributed by atoms with van der Waals surface area (Å²) >= 11 is 0. The molecule has 108 valence electrons. The highest BCUT2D eigenvalue weighted by molar-refractivity contribution is 5.97. The van der Waals surface area contributed by atoms with Crippen LogP contribution in [0.25, 0.3) is 0 Å². The van der Waals surface area contributed by atoms with Gasteiger partial charge >= 0.3 is 6.18 Å². The molecule has 0 amide bonds. The maximum Gasteiger partial charge on any atom is 0.432 e. The number of halogens is 3. The summed E-state index contributed by atoms with van der Waals surface area (Å²) in [6, 6.07) is 7.25. The van der Waals surface area contributed by atoms with Crippen molar-refractivity contribution in [1.82, 2.24) is 0 Å². The van der Waals surface area contributed by atoms with E-state index in [-0.39, 0.29) is 5.92 Å². The van der Waals surface area contributed by atoms with E-state index in [2.05, 4.69) is 10.6 Å². The molecular weight excluding hydrogens is 267 g/mol. The molecule has 0 atom stereocenters. The Morgan fingerprint density at radius 3 is 2.20 bits per heavy atom. The lowest BCUT2D eigenvalue weighted by molar-refractivity contribution is -0.0584. The van der Waals surface area contributed by atoms with Gasteiger partial charge in [0.25, 0.3) is 0 Å². The predicted molar refractivity (Wildman–Crippen MR) is 74.2 cm³/mol. The zero-order valence-electron chi connectivity index (χ0n) is 11.0. The molecule has 6 heteroatoms. The van der Waals surface area contributed by atoms with Crippen LogP contribution in [-0.2, 0) is 0 Å². The van der Waals surface area contributed by atoms with Gasteiger partial charge in [0.15, 0.2) is 0 Å². The van der Waals surface area contributed by atoms with Crippen LogP contribution >= 0.6 is 0 Å². The van der Waals surface area contributed by atoms with Gasteiger partial charge in [0.2, 0.25) is 0 Å². The molecule has 1 aliphatic carbocycles. The molecule has 1 saturated carbocycles. The van der Waals surface area contributed by atoms with Gasteiger partial charge in [-0.2, -0.15) is 13.2 Å². The summed E-state index contributed by atoms with van der Waals surface area (Å²) in [5.41, 5.74) is 0.788. The van der Waals surface area contributed by atoms with E-state index >= 15 is 0 Å². The third-order valence-electron chi connectivity index (χ3n) is 3.08. The Balaban J connectivity index is 2.13. The molecule has 0 aliphatic heterocycles. The first-order chi connectivity index (χ1) is 9.40. The number of nitrogens with one attached hydrogen (secondary N) is 3. The molecule has 0 unspecified atom stereocenters. The van der Waals surface area contributed by atoms with Crippen LogP contribution in [0.15, 0.2) is 36.0 Å². The topological polar surface area (TPSA) is 47.9 Å². The Labute approximate surface area is 115 Å². The fraction of sp³-hybridized carbons (Fsp3) is 0.357. The molecule has 3 nitrogen and oxygen atoms in total. The van der Waals surface area contributed by atoms with Gasteiger partial charge in [-0.3, -0.25) is 5.41 Å². The summed E-state index contributed by atoms with van der Waals surface area (Å²) in [6.07, 6.45) is -1.99. The number of hydrogen-bond donors (Lipinski definition) is 3. The number of benzene rings is 1. The second-order valence-electron chi connectivity index (χ2n) is 4.74. The number of alkyl halides is 3.